The summed E-state index contributed by atoms with van der Waals surface area (Å²) in [5, 5.41) is 2.83. The molecule has 0 bridgehead atoms. The van der Waals surface area contributed by atoms with Gasteiger partial charge in [-0.1, -0.05) is 28.1 Å². The van der Waals surface area contributed by atoms with Gasteiger partial charge < -0.3 is 11.1 Å². The minimum atomic E-state index is -0.124. The molecule has 2 aromatic rings. The summed E-state index contributed by atoms with van der Waals surface area (Å²) in [6, 6.07) is 14.7. The molecule has 0 heterocycles. The Bertz CT molecular complexity index is 535. The Morgan fingerprint density at radius 3 is 2.22 bits per heavy atom. The van der Waals surface area contributed by atoms with E-state index in [1.807, 2.05) is 36.4 Å². The molecule has 3 N–H and O–H groups in total. The van der Waals surface area contributed by atoms with Crippen LogP contribution < -0.4 is 11.1 Å². The molecule has 0 aliphatic carbocycles. The second kappa shape index (κ2) is 5.80. The molecule has 0 aromatic heterocycles. The first-order chi connectivity index (χ1) is 8.69. The fraction of sp³-hybridized carbons (Fsp3) is 0.0714. The summed E-state index contributed by atoms with van der Waals surface area (Å²) in [6.45, 7) is 0.481. The fourth-order valence-corrected chi connectivity index (χ4v) is 1.79. The van der Waals surface area contributed by atoms with Crippen LogP contribution in [-0.4, -0.2) is 5.91 Å². The Hall–Kier alpha value is -1.65. The molecule has 2 rings (SSSR count). The molecular weight excluding hydrogens is 292 g/mol. The van der Waals surface area contributed by atoms with E-state index in [-0.39, 0.29) is 5.91 Å². The summed E-state index contributed by atoms with van der Waals surface area (Å²) in [7, 11) is 0. The molecule has 0 spiro atoms. The van der Waals surface area contributed by atoms with E-state index in [4.69, 9.17) is 5.73 Å². The first kappa shape index (κ1) is 12.8. The third kappa shape index (κ3) is 3.18. The van der Waals surface area contributed by atoms with Crippen LogP contribution >= 0.6 is 15.9 Å². The van der Waals surface area contributed by atoms with Gasteiger partial charge in [-0.15, -0.1) is 0 Å². The zero-order valence-electron chi connectivity index (χ0n) is 9.69. The van der Waals surface area contributed by atoms with Crippen molar-refractivity contribution in [2.45, 2.75) is 6.54 Å². The van der Waals surface area contributed by atoms with Gasteiger partial charge in [-0.25, -0.2) is 0 Å². The van der Waals surface area contributed by atoms with Crippen molar-refractivity contribution in [3.8, 4) is 0 Å². The summed E-state index contributed by atoms with van der Waals surface area (Å²) in [4.78, 5) is 11.9. The molecule has 2 aromatic carbocycles. The summed E-state index contributed by atoms with van der Waals surface area (Å²) in [6.07, 6.45) is 0. The molecule has 18 heavy (non-hydrogen) atoms. The summed E-state index contributed by atoms with van der Waals surface area (Å²) >= 11 is 3.35. The Morgan fingerprint density at radius 1 is 1.06 bits per heavy atom. The highest BCUT2D eigenvalue weighted by atomic mass is 79.9. The second-order valence-corrected chi connectivity index (χ2v) is 4.78. The van der Waals surface area contributed by atoms with E-state index in [9.17, 15) is 4.79 Å². The minimum Gasteiger partial charge on any atom is -0.326 e. The molecule has 0 unspecified atom stereocenters. The highest BCUT2D eigenvalue weighted by molar-refractivity contribution is 9.10. The van der Waals surface area contributed by atoms with E-state index in [0.29, 0.717) is 12.1 Å². The van der Waals surface area contributed by atoms with Crippen LogP contribution in [0.2, 0.25) is 0 Å². The maximum atomic E-state index is 11.9. The van der Waals surface area contributed by atoms with E-state index < -0.39 is 0 Å². The van der Waals surface area contributed by atoms with Crippen molar-refractivity contribution in [2.24, 2.45) is 5.73 Å². The molecule has 1 amide bonds. The van der Waals surface area contributed by atoms with Crippen molar-refractivity contribution in [2.75, 3.05) is 5.32 Å². The molecular formula is C14H13BrN2O. The number of hydrogen-bond donors (Lipinski definition) is 2. The summed E-state index contributed by atoms with van der Waals surface area (Å²) < 4.78 is 0.979. The summed E-state index contributed by atoms with van der Waals surface area (Å²) in [5.74, 6) is -0.124. The van der Waals surface area contributed by atoms with Gasteiger partial charge in [0.15, 0.2) is 0 Å². The van der Waals surface area contributed by atoms with Crippen LogP contribution in [0.3, 0.4) is 0 Å². The maximum Gasteiger partial charge on any atom is 0.255 e. The topological polar surface area (TPSA) is 55.1 Å². The SMILES string of the molecule is NCc1ccc(C(=O)Nc2ccc(Br)cc2)cc1. The molecule has 0 aliphatic heterocycles. The van der Waals surface area contributed by atoms with Gasteiger partial charge in [-0.3, -0.25) is 4.79 Å². The standard InChI is InChI=1S/C14H13BrN2O/c15-12-5-7-13(8-6-12)17-14(18)11-3-1-10(9-16)2-4-11/h1-8H,9,16H2,(H,17,18). The number of carbonyl (C=O) groups is 1. The number of amides is 1. The number of nitrogens with one attached hydrogen (secondary N) is 1. The van der Waals surface area contributed by atoms with E-state index >= 15 is 0 Å². The first-order valence-corrected chi connectivity index (χ1v) is 6.34. The number of benzene rings is 2. The van der Waals surface area contributed by atoms with Gasteiger partial charge >= 0.3 is 0 Å². The van der Waals surface area contributed by atoms with Crippen LogP contribution in [0.4, 0.5) is 5.69 Å². The number of nitrogens with two attached hydrogens (primary N) is 1. The molecule has 0 atom stereocenters. The minimum absolute atomic E-state index is 0.124. The van der Waals surface area contributed by atoms with Crippen LogP contribution in [0.25, 0.3) is 0 Å². The lowest BCUT2D eigenvalue weighted by atomic mass is 10.1. The molecule has 0 radical (unpaired) electrons. The van der Waals surface area contributed by atoms with Crippen molar-refractivity contribution in [3.63, 3.8) is 0 Å². The smallest absolute Gasteiger partial charge is 0.255 e. The Balaban J connectivity index is 2.09. The lowest BCUT2D eigenvalue weighted by Gasteiger charge is -2.06. The lowest BCUT2D eigenvalue weighted by Crippen LogP contribution is -2.11. The van der Waals surface area contributed by atoms with E-state index in [1.165, 1.54) is 0 Å². The number of carbonyl (C=O) groups excluding carboxylic acids is 1. The zero-order valence-corrected chi connectivity index (χ0v) is 11.3. The zero-order chi connectivity index (χ0) is 13.0. The highest BCUT2D eigenvalue weighted by Crippen LogP contribution is 2.15. The molecule has 3 nitrogen and oxygen atoms in total. The van der Waals surface area contributed by atoms with Crippen molar-refractivity contribution in [3.05, 3.63) is 64.1 Å². The van der Waals surface area contributed by atoms with Crippen molar-refractivity contribution in [1.82, 2.24) is 0 Å². The normalized spacial score (nSPS) is 10.1. The van der Waals surface area contributed by atoms with Crippen LogP contribution in [0.1, 0.15) is 15.9 Å². The first-order valence-electron chi connectivity index (χ1n) is 5.55. The average Bonchev–Trinajstić information content (AvgIpc) is 2.41. The molecule has 92 valence electrons. The van der Waals surface area contributed by atoms with Crippen LogP contribution in [0.5, 0.6) is 0 Å². The Morgan fingerprint density at radius 2 is 1.67 bits per heavy atom. The van der Waals surface area contributed by atoms with Crippen molar-refractivity contribution >= 4 is 27.5 Å². The quantitative estimate of drug-likeness (QED) is 0.915. The number of anilines is 1. The van der Waals surface area contributed by atoms with Gasteiger partial charge in [0.1, 0.15) is 0 Å². The Labute approximate surface area is 114 Å². The monoisotopic (exact) mass is 304 g/mol. The molecule has 0 saturated carbocycles. The predicted molar refractivity (Wildman–Crippen MR) is 76.4 cm³/mol. The van der Waals surface area contributed by atoms with Gasteiger partial charge in [0, 0.05) is 22.3 Å². The summed E-state index contributed by atoms with van der Waals surface area (Å²) in [5.41, 5.74) is 7.91. The number of halogens is 1. The third-order valence-electron chi connectivity index (χ3n) is 2.55. The van der Waals surface area contributed by atoms with E-state index in [1.54, 1.807) is 12.1 Å². The molecule has 0 fully saturated rings. The van der Waals surface area contributed by atoms with Gasteiger partial charge in [0.05, 0.1) is 0 Å². The highest BCUT2D eigenvalue weighted by Gasteiger charge is 2.05. The van der Waals surface area contributed by atoms with Gasteiger partial charge in [0.2, 0.25) is 0 Å². The number of rotatable bonds is 3. The van der Waals surface area contributed by atoms with E-state index in [2.05, 4.69) is 21.2 Å². The third-order valence-corrected chi connectivity index (χ3v) is 3.08. The lowest BCUT2D eigenvalue weighted by molar-refractivity contribution is 0.102. The van der Waals surface area contributed by atoms with Crippen LogP contribution in [0.15, 0.2) is 53.0 Å². The van der Waals surface area contributed by atoms with Crippen LogP contribution in [0, 0.1) is 0 Å². The average molecular weight is 305 g/mol. The predicted octanol–water partition coefficient (Wildman–Crippen LogP) is 3.16. The van der Waals surface area contributed by atoms with Gasteiger partial charge in [0.25, 0.3) is 5.91 Å². The Kier molecular flexibility index (Phi) is 4.12. The number of hydrogen-bond acceptors (Lipinski definition) is 2. The molecule has 4 heteroatoms. The largest absolute Gasteiger partial charge is 0.326 e. The molecule has 0 saturated heterocycles. The maximum absolute atomic E-state index is 11.9. The fourth-order valence-electron chi connectivity index (χ4n) is 1.53. The molecule has 0 aliphatic rings. The van der Waals surface area contributed by atoms with Gasteiger partial charge in [-0.2, -0.15) is 0 Å². The van der Waals surface area contributed by atoms with E-state index in [0.717, 1.165) is 15.7 Å². The second-order valence-electron chi connectivity index (χ2n) is 3.86. The van der Waals surface area contributed by atoms with Crippen LogP contribution in [-0.2, 0) is 6.54 Å². The van der Waals surface area contributed by atoms with Gasteiger partial charge in [-0.05, 0) is 42.0 Å². The van der Waals surface area contributed by atoms with Crippen molar-refractivity contribution < 1.29 is 4.79 Å². The van der Waals surface area contributed by atoms with Crippen molar-refractivity contribution in [1.29, 1.82) is 0 Å².